The lowest BCUT2D eigenvalue weighted by atomic mass is 10.1. The van der Waals surface area contributed by atoms with Crippen LogP contribution in [0.25, 0.3) is 0 Å². The van der Waals surface area contributed by atoms with Crippen LogP contribution in [0.15, 0.2) is 79.0 Å². The van der Waals surface area contributed by atoms with Gasteiger partial charge in [0.1, 0.15) is 0 Å². The first-order valence-electron chi connectivity index (χ1n) is 7.07. The molecule has 0 radical (unpaired) electrons. The third-order valence-electron chi connectivity index (χ3n) is 3.48. The first-order chi connectivity index (χ1) is 10.7. The van der Waals surface area contributed by atoms with E-state index in [1.807, 2.05) is 47.2 Å². The van der Waals surface area contributed by atoms with E-state index in [-0.39, 0.29) is 22.8 Å². The van der Waals surface area contributed by atoms with Gasteiger partial charge < -0.3 is 17.0 Å². The number of nitrogens with zero attached hydrogens (tertiary/aromatic N) is 1. The lowest BCUT2D eigenvalue weighted by Gasteiger charge is -2.04. The Balaban J connectivity index is 0.00000192. The summed E-state index contributed by atoms with van der Waals surface area (Å²) in [6.07, 6.45) is 1.93. The SMILES string of the molecule is O=C(c1ccc(Cl)cc1)c1cccc[n+]1Cc1ccccc1.[Br-]. The van der Waals surface area contributed by atoms with Crippen molar-refractivity contribution in [1.82, 2.24) is 0 Å². The number of halogens is 2. The van der Waals surface area contributed by atoms with Gasteiger partial charge in [0.05, 0.1) is 0 Å². The summed E-state index contributed by atoms with van der Waals surface area (Å²) in [6, 6.07) is 22.7. The van der Waals surface area contributed by atoms with E-state index < -0.39 is 0 Å². The van der Waals surface area contributed by atoms with Crippen LogP contribution in [0, 0.1) is 0 Å². The summed E-state index contributed by atoms with van der Waals surface area (Å²) < 4.78 is 1.96. The Bertz CT molecular complexity index is 788. The molecule has 3 rings (SSSR count). The molecule has 0 aliphatic heterocycles. The molecule has 3 aromatic rings. The molecular weight excluding hydrogens is 374 g/mol. The van der Waals surface area contributed by atoms with Gasteiger partial charge >= 0.3 is 0 Å². The molecule has 0 saturated heterocycles. The molecule has 1 aromatic heterocycles. The maximum absolute atomic E-state index is 12.7. The normalized spacial score (nSPS) is 9.96. The number of carbonyl (C=O) groups is 1. The summed E-state index contributed by atoms with van der Waals surface area (Å²) in [5.74, 6) is -0.00630. The van der Waals surface area contributed by atoms with Crippen molar-refractivity contribution < 1.29 is 26.3 Å². The van der Waals surface area contributed by atoms with Gasteiger partial charge in [0.25, 0.3) is 11.5 Å². The zero-order chi connectivity index (χ0) is 15.4. The van der Waals surface area contributed by atoms with Crippen molar-refractivity contribution in [1.29, 1.82) is 0 Å². The Kier molecular flexibility index (Phi) is 6.08. The molecule has 0 fully saturated rings. The predicted octanol–water partition coefficient (Wildman–Crippen LogP) is 0.911. The highest BCUT2D eigenvalue weighted by Gasteiger charge is 2.20. The van der Waals surface area contributed by atoms with Crippen molar-refractivity contribution in [3.8, 4) is 0 Å². The minimum Gasteiger partial charge on any atom is -1.00 e. The van der Waals surface area contributed by atoms with Crippen molar-refractivity contribution in [2.45, 2.75) is 6.54 Å². The first-order valence-corrected chi connectivity index (χ1v) is 7.44. The van der Waals surface area contributed by atoms with Crippen LogP contribution < -0.4 is 21.5 Å². The molecule has 0 unspecified atom stereocenters. The molecule has 2 nitrogen and oxygen atoms in total. The van der Waals surface area contributed by atoms with Crippen molar-refractivity contribution in [3.05, 3.63) is 101 Å². The van der Waals surface area contributed by atoms with E-state index in [1.165, 1.54) is 0 Å². The molecule has 0 amide bonds. The third-order valence-corrected chi connectivity index (χ3v) is 3.73. The van der Waals surface area contributed by atoms with Gasteiger partial charge in [-0.1, -0.05) is 41.9 Å². The number of carbonyl (C=O) groups excluding carboxylic acids is 1. The Labute approximate surface area is 151 Å². The monoisotopic (exact) mass is 387 g/mol. The second-order valence-corrected chi connectivity index (χ2v) is 5.47. The van der Waals surface area contributed by atoms with E-state index in [4.69, 9.17) is 11.6 Å². The zero-order valence-electron chi connectivity index (χ0n) is 12.3. The lowest BCUT2D eigenvalue weighted by molar-refractivity contribution is -0.690. The van der Waals surface area contributed by atoms with E-state index in [9.17, 15) is 4.79 Å². The molecule has 2 aromatic carbocycles. The summed E-state index contributed by atoms with van der Waals surface area (Å²) in [4.78, 5) is 12.7. The van der Waals surface area contributed by atoms with Crippen LogP contribution in [-0.4, -0.2) is 5.78 Å². The van der Waals surface area contributed by atoms with Crippen LogP contribution in [0.3, 0.4) is 0 Å². The summed E-state index contributed by atoms with van der Waals surface area (Å²) >= 11 is 5.88. The van der Waals surface area contributed by atoms with Gasteiger partial charge in [0, 0.05) is 28.3 Å². The Morgan fingerprint density at radius 1 is 0.870 bits per heavy atom. The molecule has 1 heterocycles. The Morgan fingerprint density at radius 2 is 1.52 bits per heavy atom. The zero-order valence-corrected chi connectivity index (χ0v) is 14.7. The van der Waals surface area contributed by atoms with Gasteiger partial charge in [-0.05, 0) is 30.3 Å². The minimum atomic E-state index is -0.00630. The van der Waals surface area contributed by atoms with Crippen LogP contribution in [0.5, 0.6) is 0 Å². The second-order valence-electron chi connectivity index (χ2n) is 5.04. The topological polar surface area (TPSA) is 20.9 Å². The van der Waals surface area contributed by atoms with Gasteiger partial charge in [-0.3, -0.25) is 4.79 Å². The maximum atomic E-state index is 12.7. The number of ketones is 1. The van der Waals surface area contributed by atoms with Crippen LogP contribution >= 0.6 is 11.6 Å². The van der Waals surface area contributed by atoms with Gasteiger partial charge in [-0.15, -0.1) is 0 Å². The molecule has 0 N–H and O–H groups in total. The highest BCUT2D eigenvalue weighted by Crippen LogP contribution is 2.12. The van der Waals surface area contributed by atoms with Crippen LogP contribution in [0.1, 0.15) is 21.6 Å². The minimum absolute atomic E-state index is 0. The highest BCUT2D eigenvalue weighted by molar-refractivity contribution is 6.30. The van der Waals surface area contributed by atoms with Gasteiger partial charge in [-0.25, -0.2) is 0 Å². The van der Waals surface area contributed by atoms with Crippen molar-refractivity contribution in [3.63, 3.8) is 0 Å². The number of pyridine rings is 1. The van der Waals surface area contributed by atoms with E-state index >= 15 is 0 Å². The Morgan fingerprint density at radius 3 is 2.22 bits per heavy atom. The number of hydrogen-bond acceptors (Lipinski definition) is 1. The van der Waals surface area contributed by atoms with Crippen LogP contribution in [-0.2, 0) is 6.54 Å². The van der Waals surface area contributed by atoms with Crippen molar-refractivity contribution in [2.24, 2.45) is 0 Å². The Hall–Kier alpha value is -1.97. The highest BCUT2D eigenvalue weighted by atomic mass is 79.9. The smallest absolute Gasteiger partial charge is 0.256 e. The predicted molar refractivity (Wildman–Crippen MR) is 87.1 cm³/mol. The van der Waals surface area contributed by atoms with Crippen LogP contribution in [0.4, 0.5) is 0 Å². The number of rotatable bonds is 4. The molecule has 0 spiro atoms. The van der Waals surface area contributed by atoms with Gasteiger partial charge in [-0.2, -0.15) is 4.57 Å². The van der Waals surface area contributed by atoms with E-state index in [1.54, 1.807) is 24.3 Å². The maximum Gasteiger partial charge on any atom is 0.256 e. The van der Waals surface area contributed by atoms with Crippen LogP contribution in [0.2, 0.25) is 5.02 Å². The number of hydrogen-bond donors (Lipinski definition) is 0. The number of aromatic nitrogens is 1. The molecule has 0 saturated carbocycles. The average Bonchev–Trinajstić information content (AvgIpc) is 2.56. The molecule has 0 bridgehead atoms. The largest absolute Gasteiger partial charge is 1.00 e. The first kappa shape index (κ1) is 17.4. The fourth-order valence-electron chi connectivity index (χ4n) is 2.35. The summed E-state index contributed by atoms with van der Waals surface area (Å²) in [5, 5.41) is 0.627. The second kappa shape index (κ2) is 8.04. The van der Waals surface area contributed by atoms with E-state index in [0.717, 1.165) is 5.56 Å². The standard InChI is InChI=1S/C19H15ClNO.BrH/c20-17-11-9-16(10-12-17)19(22)18-8-4-5-13-21(18)14-15-6-2-1-3-7-15;/h1-13H,14H2;1H/q+1;/p-1. The van der Waals surface area contributed by atoms with Crippen molar-refractivity contribution >= 4 is 17.4 Å². The molecule has 0 aliphatic rings. The molecule has 0 aliphatic carbocycles. The average molecular weight is 389 g/mol. The molecule has 4 heteroatoms. The van der Waals surface area contributed by atoms with Gasteiger partial charge in [0.2, 0.25) is 0 Å². The van der Waals surface area contributed by atoms with E-state index in [2.05, 4.69) is 12.1 Å². The summed E-state index contributed by atoms with van der Waals surface area (Å²) in [7, 11) is 0. The van der Waals surface area contributed by atoms with Gasteiger partial charge in [0.15, 0.2) is 12.7 Å². The van der Waals surface area contributed by atoms with Crippen molar-refractivity contribution in [2.75, 3.05) is 0 Å². The molecule has 23 heavy (non-hydrogen) atoms. The summed E-state index contributed by atoms with van der Waals surface area (Å²) in [5.41, 5.74) is 2.45. The molecular formula is C19H15BrClNO. The lowest BCUT2D eigenvalue weighted by Crippen LogP contribution is -3.00. The molecule has 116 valence electrons. The molecule has 0 atom stereocenters. The fourth-order valence-corrected chi connectivity index (χ4v) is 2.48. The summed E-state index contributed by atoms with van der Waals surface area (Å²) in [6.45, 7) is 0.663. The van der Waals surface area contributed by atoms with E-state index in [0.29, 0.717) is 22.8 Å². The fraction of sp³-hybridized carbons (Fsp3) is 0.0526. The third kappa shape index (κ3) is 4.27. The quantitative estimate of drug-likeness (QED) is 0.481. The number of benzene rings is 2.